The van der Waals surface area contributed by atoms with Crippen molar-refractivity contribution in [2.45, 2.75) is 39.3 Å². The van der Waals surface area contributed by atoms with E-state index in [2.05, 4.69) is 50.8 Å². The minimum Gasteiger partial charge on any atom is -0.326 e. The number of rotatable bonds is 5. The van der Waals surface area contributed by atoms with E-state index in [0.717, 1.165) is 0 Å². The maximum Gasteiger partial charge on any atom is 0.148 e. The molecule has 1 unspecified atom stereocenters. The molecule has 0 amide bonds. The summed E-state index contributed by atoms with van der Waals surface area (Å²) in [4.78, 5) is 0. The smallest absolute Gasteiger partial charge is 0.148 e. The van der Waals surface area contributed by atoms with Gasteiger partial charge in [0.05, 0.1) is 0 Å². The van der Waals surface area contributed by atoms with E-state index in [4.69, 9.17) is 0 Å². The first kappa shape index (κ1) is 11.9. The second kappa shape index (κ2) is 5.54. The van der Waals surface area contributed by atoms with E-state index in [1.54, 1.807) is 0 Å². The number of nitrogens with zero attached hydrogens (tertiary/aromatic N) is 1. The Morgan fingerprint density at radius 2 is 1.83 bits per heavy atom. The van der Waals surface area contributed by atoms with E-state index < -0.39 is 8.24 Å². The molecule has 0 N–H and O–H groups in total. The van der Waals surface area contributed by atoms with Crippen LogP contribution in [0.4, 0.5) is 0 Å². The molecule has 1 atom stereocenters. The van der Waals surface area contributed by atoms with Gasteiger partial charge in [-0.2, -0.15) is 0 Å². The molecule has 72 valence electrons. The Bertz CT molecular complexity index is 143. The van der Waals surface area contributed by atoms with Crippen molar-refractivity contribution in [3.8, 4) is 0 Å². The predicted molar refractivity (Wildman–Crippen MR) is 59.8 cm³/mol. The molecule has 0 aromatic rings. The zero-order valence-electron chi connectivity index (χ0n) is 9.22. The van der Waals surface area contributed by atoms with Gasteiger partial charge in [-0.05, 0) is 26.6 Å². The van der Waals surface area contributed by atoms with Gasteiger partial charge in [-0.1, -0.05) is 38.6 Å². The summed E-state index contributed by atoms with van der Waals surface area (Å²) in [7, 11) is 3.22. The van der Waals surface area contributed by atoms with E-state index in [9.17, 15) is 0 Å². The van der Waals surface area contributed by atoms with Crippen molar-refractivity contribution in [3.63, 3.8) is 0 Å². The molecule has 0 aliphatic carbocycles. The first-order valence-corrected chi connectivity index (χ1v) is 7.65. The SMILES string of the molecule is CCCC=C[Si](C)(CC)N(C)C. The van der Waals surface area contributed by atoms with Gasteiger partial charge in [0.2, 0.25) is 0 Å². The summed E-state index contributed by atoms with van der Waals surface area (Å²) in [5.41, 5.74) is 2.47. The van der Waals surface area contributed by atoms with E-state index in [-0.39, 0.29) is 0 Å². The summed E-state index contributed by atoms with van der Waals surface area (Å²) < 4.78 is 2.42. The molecule has 0 radical (unpaired) electrons. The van der Waals surface area contributed by atoms with Crippen molar-refractivity contribution < 1.29 is 0 Å². The van der Waals surface area contributed by atoms with Crippen molar-refractivity contribution in [1.29, 1.82) is 0 Å². The summed E-state index contributed by atoms with van der Waals surface area (Å²) >= 11 is 0. The van der Waals surface area contributed by atoms with E-state index >= 15 is 0 Å². The first-order valence-electron chi connectivity index (χ1n) is 4.92. The predicted octanol–water partition coefficient (Wildman–Crippen LogP) is 3.04. The molecule has 0 bridgehead atoms. The molecule has 2 heteroatoms. The molecule has 0 rings (SSSR count). The topological polar surface area (TPSA) is 3.24 Å². The molecule has 0 heterocycles. The van der Waals surface area contributed by atoms with E-state index in [1.165, 1.54) is 18.9 Å². The summed E-state index contributed by atoms with van der Waals surface area (Å²) in [6.45, 7) is 6.94. The van der Waals surface area contributed by atoms with Crippen molar-refractivity contribution in [1.82, 2.24) is 4.57 Å². The largest absolute Gasteiger partial charge is 0.326 e. The second-order valence-electron chi connectivity index (χ2n) is 3.80. The van der Waals surface area contributed by atoms with Crippen molar-refractivity contribution >= 4 is 8.24 Å². The minimum absolute atomic E-state index is 1.19. The van der Waals surface area contributed by atoms with Crippen LogP contribution in [0.2, 0.25) is 12.6 Å². The molecule has 0 aliphatic rings. The van der Waals surface area contributed by atoms with Crippen LogP contribution in [-0.2, 0) is 0 Å². The van der Waals surface area contributed by atoms with Crippen LogP contribution >= 0.6 is 0 Å². The van der Waals surface area contributed by atoms with Gasteiger partial charge in [0.15, 0.2) is 0 Å². The molecule has 0 spiro atoms. The Hall–Kier alpha value is -0.0831. The summed E-state index contributed by atoms with van der Waals surface area (Å²) in [6.07, 6.45) is 4.85. The van der Waals surface area contributed by atoms with Gasteiger partial charge < -0.3 is 4.57 Å². The molecular formula is C10H23NSi. The Morgan fingerprint density at radius 3 is 2.17 bits per heavy atom. The highest BCUT2D eigenvalue weighted by molar-refractivity contribution is 6.80. The van der Waals surface area contributed by atoms with Crippen LogP contribution in [0.3, 0.4) is 0 Å². The highest BCUT2D eigenvalue weighted by Gasteiger charge is 2.23. The van der Waals surface area contributed by atoms with Gasteiger partial charge in [0.1, 0.15) is 8.24 Å². The maximum absolute atomic E-state index is 2.47. The van der Waals surface area contributed by atoms with Gasteiger partial charge in [0.25, 0.3) is 0 Å². The van der Waals surface area contributed by atoms with Gasteiger partial charge in [-0.15, -0.1) is 0 Å². The van der Waals surface area contributed by atoms with Crippen molar-refractivity contribution in [3.05, 3.63) is 11.8 Å². The average Bonchev–Trinajstić information content (AvgIpc) is 2.04. The number of hydrogen-bond acceptors (Lipinski definition) is 1. The first-order chi connectivity index (χ1) is 5.56. The van der Waals surface area contributed by atoms with Crippen LogP contribution in [0.5, 0.6) is 0 Å². The molecule has 0 saturated heterocycles. The maximum atomic E-state index is 2.47. The minimum atomic E-state index is -1.19. The summed E-state index contributed by atoms with van der Waals surface area (Å²) in [5.74, 6) is 0. The number of unbranched alkanes of at least 4 members (excludes halogenated alkanes) is 1. The second-order valence-corrected chi connectivity index (χ2v) is 8.45. The van der Waals surface area contributed by atoms with Crippen LogP contribution < -0.4 is 0 Å². The molecule has 0 aliphatic heterocycles. The van der Waals surface area contributed by atoms with Crippen LogP contribution in [0.15, 0.2) is 11.8 Å². The lowest BCUT2D eigenvalue weighted by atomic mass is 10.3. The zero-order chi connectivity index (χ0) is 9.61. The quantitative estimate of drug-likeness (QED) is 0.595. The normalized spacial score (nSPS) is 17.2. The summed E-state index contributed by atoms with van der Waals surface area (Å²) in [5, 5.41) is 0. The van der Waals surface area contributed by atoms with Crippen LogP contribution in [-0.4, -0.2) is 26.9 Å². The highest BCUT2D eigenvalue weighted by Crippen LogP contribution is 2.13. The molecular weight excluding hydrogens is 162 g/mol. The Balaban J connectivity index is 4.13. The molecule has 0 aromatic carbocycles. The Morgan fingerprint density at radius 1 is 1.25 bits per heavy atom. The monoisotopic (exact) mass is 185 g/mol. The Labute approximate surface area is 78.6 Å². The average molecular weight is 185 g/mol. The van der Waals surface area contributed by atoms with Crippen LogP contribution in [0.25, 0.3) is 0 Å². The van der Waals surface area contributed by atoms with Crippen molar-refractivity contribution in [2.75, 3.05) is 14.1 Å². The van der Waals surface area contributed by atoms with Gasteiger partial charge in [-0.25, -0.2) is 0 Å². The molecule has 1 nitrogen and oxygen atoms in total. The number of allylic oxidation sites excluding steroid dienone is 1. The van der Waals surface area contributed by atoms with Crippen molar-refractivity contribution in [2.24, 2.45) is 0 Å². The van der Waals surface area contributed by atoms with Crippen LogP contribution in [0, 0.1) is 0 Å². The lowest BCUT2D eigenvalue weighted by Crippen LogP contribution is -2.44. The fourth-order valence-corrected chi connectivity index (χ4v) is 2.93. The fourth-order valence-electron chi connectivity index (χ4n) is 1.09. The fraction of sp³-hybridized carbons (Fsp3) is 0.800. The molecule has 0 fully saturated rings. The third kappa shape index (κ3) is 3.54. The lowest BCUT2D eigenvalue weighted by Gasteiger charge is -2.29. The van der Waals surface area contributed by atoms with Gasteiger partial charge in [-0.3, -0.25) is 0 Å². The third-order valence-electron chi connectivity index (χ3n) is 2.67. The van der Waals surface area contributed by atoms with Gasteiger partial charge >= 0.3 is 0 Å². The molecule has 0 aromatic heterocycles. The standard InChI is InChI=1S/C10H23NSi/c1-6-8-9-10-12(5,7-2)11(3)4/h9-10H,6-8H2,1-5H3. The Kier molecular flexibility index (Phi) is 5.50. The molecule has 12 heavy (non-hydrogen) atoms. The van der Waals surface area contributed by atoms with Crippen LogP contribution in [0.1, 0.15) is 26.7 Å². The third-order valence-corrected chi connectivity index (χ3v) is 7.10. The number of hydrogen-bond donors (Lipinski definition) is 0. The zero-order valence-corrected chi connectivity index (χ0v) is 10.2. The molecule has 0 saturated carbocycles. The van der Waals surface area contributed by atoms with E-state index in [0.29, 0.717) is 0 Å². The van der Waals surface area contributed by atoms with E-state index in [1.807, 2.05) is 0 Å². The van der Waals surface area contributed by atoms with Gasteiger partial charge in [0, 0.05) is 0 Å². The highest BCUT2D eigenvalue weighted by atomic mass is 28.3. The summed E-state index contributed by atoms with van der Waals surface area (Å²) in [6, 6.07) is 1.31. The lowest BCUT2D eigenvalue weighted by molar-refractivity contribution is 0.624.